The van der Waals surface area contributed by atoms with Crippen LogP contribution < -0.4 is 10.1 Å². The van der Waals surface area contributed by atoms with Gasteiger partial charge in [0.05, 0.1) is 18.7 Å². The van der Waals surface area contributed by atoms with Gasteiger partial charge in [0.15, 0.2) is 0 Å². The van der Waals surface area contributed by atoms with E-state index >= 15 is 0 Å². The van der Waals surface area contributed by atoms with E-state index in [0.29, 0.717) is 48.2 Å². The van der Waals surface area contributed by atoms with E-state index in [0.717, 1.165) is 16.0 Å². The van der Waals surface area contributed by atoms with Gasteiger partial charge in [-0.05, 0) is 43.2 Å². The van der Waals surface area contributed by atoms with Crippen LogP contribution >= 0.6 is 11.3 Å². The third-order valence-corrected chi connectivity index (χ3v) is 6.37. The summed E-state index contributed by atoms with van der Waals surface area (Å²) in [5.74, 6) is 0.973. The van der Waals surface area contributed by atoms with Gasteiger partial charge in [-0.2, -0.15) is 5.26 Å². The first-order chi connectivity index (χ1) is 16.6. The number of ether oxygens (including phenoxy) is 2. The number of benzene rings is 2. The lowest BCUT2D eigenvalue weighted by molar-refractivity contribution is -0.111. The number of carbonyl (C=O) groups is 2. The molecule has 34 heavy (non-hydrogen) atoms. The maximum Gasteiger partial charge on any atom is 0.410 e. The van der Waals surface area contributed by atoms with Gasteiger partial charge in [0, 0.05) is 23.1 Å². The molecule has 172 valence electrons. The molecule has 7 nitrogen and oxygen atoms in total. The summed E-state index contributed by atoms with van der Waals surface area (Å²) in [6, 6.07) is 19.0. The first kappa shape index (κ1) is 23.1. The Balaban J connectivity index is 1.47. The highest BCUT2D eigenvalue weighted by atomic mass is 32.1. The van der Waals surface area contributed by atoms with E-state index < -0.39 is 0 Å². The van der Waals surface area contributed by atoms with Gasteiger partial charge in [0.1, 0.15) is 22.6 Å². The molecule has 2 amide bonds. The summed E-state index contributed by atoms with van der Waals surface area (Å²) in [7, 11) is 0. The summed E-state index contributed by atoms with van der Waals surface area (Å²) in [6.45, 7) is 2.91. The normalized spacial score (nSPS) is 12.6. The Bertz CT molecular complexity index is 1260. The Morgan fingerprint density at radius 3 is 2.71 bits per heavy atom. The van der Waals surface area contributed by atoms with Gasteiger partial charge < -0.3 is 19.7 Å². The molecule has 0 radical (unpaired) electrons. The number of nitrogens with one attached hydrogen (secondary N) is 1. The van der Waals surface area contributed by atoms with Gasteiger partial charge in [-0.25, -0.2) is 4.79 Å². The molecule has 1 aromatic heterocycles. The number of amides is 2. The Morgan fingerprint density at radius 1 is 1.18 bits per heavy atom. The maximum absolute atomic E-state index is 12.7. The van der Waals surface area contributed by atoms with Gasteiger partial charge in [0.2, 0.25) is 5.91 Å². The average Bonchev–Trinajstić information content (AvgIpc) is 3.20. The minimum absolute atomic E-state index is 0.309. The Kier molecular flexibility index (Phi) is 7.25. The fourth-order valence-electron chi connectivity index (χ4n) is 3.63. The molecule has 0 atom stereocenters. The van der Waals surface area contributed by atoms with Crippen LogP contribution in [0, 0.1) is 11.3 Å². The van der Waals surface area contributed by atoms with Crippen molar-refractivity contribution in [3.63, 3.8) is 0 Å². The number of nitriles is 1. The molecule has 4 rings (SSSR count). The molecule has 2 aromatic carbocycles. The van der Waals surface area contributed by atoms with Crippen LogP contribution in [0.5, 0.6) is 11.5 Å². The zero-order valence-electron chi connectivity index (χ0n) is 18.6. The van der Waals surface area contributed by atoms with E-state index in [9.17, 15) is 14.9 Å². The molecule has 0 spiro atoms. The molecule has 8 heteroatoms. The van der Waals surface area contributed by atoms with Crippen LogP contribution in [0.15, 0.2) is 60.7 Å². The molecule has 0 fully saturated rings. The monoisotopic (exact) mass is 473 g/mol. The minimum Gasteiger partial charge on any atom is -0.457 e. The number of hydrogen-bond donors (Lipinski definition) is 1. The van der Waals surface area contributed by atoms with Crippen molar-refractivity contribution < 1.29 is 19.1 Å². The van der Waals surface area contributed by atoms with Crippen molar-refractivity contribution in [2.45, 2.75) is 19.9 Å². The molecule has 1 N–H and O–H groups in total. The van der Waals surface area contributed by atoms with Gasteiger partial charge in [-0.15, -0.1) is 11.3 Å². The van der Waals surface area contributed by atoms with Crippen LogP contribution in [0.25, 0.3) is 6.08 Å². The van der Waals surface area contributed by atoms with Crippen molar-refractivity contribution in [1.82, 2.24) is 4.90 Å². The lowest BCUT2D eigenvalue weighted by Gasteiger charge is -2.25. The maximum atomic E-state index is 12.7. The first-order valence-electron chi connectivity index (χ1n) is 10.9. The topological polar surface area (TPSA) is 91.7 Å². The second-order valence-electron chi connectivity index (χ2n) is 7.47. The molecule has 1 aliphatic heterocycles. The highest BCUT2D eigenvalue weighted by Crippen LogP contribution is 2.37. The van der Waals surface area contributed by atoms with Crippen LogP contribution in [-0.4, -0.2) is 30.1 Å². The van der Waals surface area contributed by atoms with Gasteiger partial charge in [0.25, 0.3) is 0 Å². The Hall–Kier alpha value is -4.09. The van der Waals surface area contributed by atoms with E-state index in [-0.39, 0.29) is 12.0 Å². The third-order valence-electron chi connectivity index (χ3n) is 5.24. The predicted molar refractivity (Wildman–Crippen MR) is 131 cm³/mol. The van der Waals surface area contributed by atoms with Crippen LogP contribution in [0.1, 0.15) is 28.5 Å². The van der Waals surface area contributed by atoms with Gasteiger partial charge in [-0.3, -0.25) is 4.79 Å². The van der Waals surface area contributed by atoms with Crippen LogP contribution in [-0.2, 0) is 22.5 Å². The molecular weight excluding hydrogens is 450 g/mol. The van der Waals surface area contributed by atoms with Crippen molar-refractivity contribution >= 4 is 34.4 Å². The molecule has 0 aliphatic carbocycles. The van der Waals surface area contributed by atoms with Crippen molar-refractivity contribution in [3.05, 3.63) is 82.2 Å². The van der Waals surface area contributed by atoms with E-state index in [2.05, 4.69) is 11.4 Å². The lowest BCUT2D eigenvalue weighted by Crippen LogP contribution is -2.35. The summed E-state index contributed by atoms with van der Waals surface area (Å²) >= 11 is 1.32. The zero-order chi connectivity index (χ0) is 23.9. The molecule has 0 saturated carbocycles. The number of para-hydroxylation sites is 2. The van der Waals surface area contributed by atoms with Crippen molar-refractivity contribution in [2.24, 2.45) is 0 Å². The quantitative estimate of drug-likeness (QED) is 0.472. The van der Waals surface area contributed by atoms with Gasteiger partial charge in [-0.1, -0.05) is 36.4 Å². The number of anilines is 1. The average molecular weight is 474 g/mol. The Labute approximate surface area is 201 Å². The summed E-state index contributed by atoms with van der Waals surface area (Å²) in [5.41, 5.74) is 2.09. The van der Waals surface area contributed by atoms with Crippen LogP contribution in [0.3, 0.4) is 0 Å². The smallest absolute Gasteiger partial charge is 0.410 e. The minimum atomic E-state index is -0.370. The standard InChI is InChI=1S/C26H23N3O4S/c1-2-32-26(31)29-15-14-20-21(16-27)25(34-23(20)17-29)28-24(30)13-12-18-8-6-7-11-22(18)33-19-9-4-3-5-10-19/h3-13H,2,14-15,17H2,1H3,(H,28,30)/b13-12+. The number of nitrogens with zero attached hydrogens (tertiary/aromatic N) is 2. The zero-order valence-corrected chi connectivity index (χ0v) is 19.4. The molecule has 1 aliphatic rings. The summed E-state index contributed by atoms with van der Waals surface area (Å²) in [4.78, 5) is 27.2. The molecule has 0 bridgehead atoms. The number of hydrogen-bond acceptors (Lipinski definition) is 6. The highest BCUT2D eigenvalue weighted by molar-refractivity contribution is 7.16. The predicted octanol–water partition coefficient (Wildman–Crippen LogP) is 5.58. The van der Waals surface area contributed by atoms with E-state index in [1.54, 1.807) is 17.9 Å². The fourth-order valence-corrected chi connectivity index (χ4v) is 4.84. The number of rotatable bonds is 6. The van der Waals surface area contributed by atoms with Crippen LogP contribution in [0.2, 0.25) is 0 Å². The second-order valence-corrected chi connectivity index (χ2v) is 8.57. The lowest BCUT2D eigenvalue weighted by atomic mass is 10.0. The number of fused-ring (bicyclic) bond motifs is 1. The van der Waals surface area contributed by atoms with Crippen molar-refractivity contribution in [2.75, 3.05) is 18.5 Å². The largest absolute Gasteiger partial charge is 0.457 e. The number of thiophene rings is 1. The molecular formula is C26H23N3O4S. The molecule has 2 heterocycles. The van der Waals surface area contributed by atoms with E-state index in [1.165, 1.54) is 17.4 Å². The summed E-state index contributed by atoms with van der Waals surface area (Å²) in [5, 5.41) is 13.0. The Morgan fingerprint density at radius 2 is 1.94 bits per heavy atom. The fraction of sp³-hybridized carbons (Fsp3) is 0.192. The summed E-state index contributed by atoms with van der Waals surface area (Å²) < 4.78 is 11.0. The van der Waals surface area contributed by atoms with Crippen molar-refractivity contribution in [3.8, 4) is 17.6 Å². The van der Waals surface area contributed by atoms with E-state index in [1.807, 2.05) is 54.6 Å². The molecule has 0 saturated heterocycles. The van der Waals surface area contributed by atoms with Crippen molar-refractivity contribution in [1.29, 1.82) is 5.26 Å². The van der Waals surface area contributed by atoms with Gasteiger partial charge >= 0.3 is 6.09 Å². The second kappa shape index (κ2) is 10.7. The SMILES string of the molecule is CCOC(=O)N1CCc2c(sc(NC(=O)/C=C/c3ccccc3Oc3ccccc3)c2C#N)C1. The summed E-state index contributed by atoms with van der Waals surface area (Å²) in [6.07, 6.45) is 3.27. The third kappa shape index (κ3) is 5.27. The highest BCUT2D eigenvalue weighted by Gasteiger charge is 2.28. The van der Waals surface area contributed by atoms with Crippen LogP contribution in [0.4, 0.5) is 9.80 Å². The first-order valence-corrected chi connectivity index (χ1v) is 11.7. The number of carbonyl (C=O) groups excluding carboxylic acids is 2. The van der Waals surface area contributed by atoms with E-state index in [4.69, 9.17) is 9.47 Å². The molecule has 3 aromatic rings. The molecule has 0 unspecified atom stereocenters.